The molecule has 0 aliphatic heterocycles. The molecule has 0 saturated heterocycles. The van der Waals surface area contributed by atoms with E-state index in [2.05, 4.69) is 0 Å². The second kappa shape index (κ2) is 5.52. The highest BCUT2D eigenvalue weighted by Gasteiger charge is 2.31. The SMILES string of the molecule is CCC(O)(COC)c1ccc(C)c(C)c1OC. The summed E-state index contributed by atoms with van der Waals surface area (Å²) in [5, 5.41) is 10.6. The van der Waals surface area contributed by atoms with Gasteiger partial charge >= 0.3 is 0 Å². The molecule has 0 amide bonds. The van der Waals surface area contributed by atoms with Crippen LogP contribution in [-0.2, 0) is 10.3 Å². The van der Waals surface area contributed by atoms with Crippen molar-refractivity contribution in [3.05, 3.63) is 28.8 Å². The maximum Gasteiger partial charge on any atom is 0.128 e. The van der Waals surface area contributed by atoms with Crippen molar-refractivity contribution in [2.45, 2.75) is 32.8 Å². The van der Waals surface area contributed by atoms with Gasteiger partial charge in [-0.25, -0.2) is 0 Å². The molecule has 1 N–H and O–H groups in total. The van der Waals surface area contributed by atoms with E-state index in [4.69, 9.17) is 9.47 Å². The molecule has 1 aromatic rings. The second-order valence-electron chi connectivity index (χ2n) is 4.41. The molecule has 1 rings (SSSR count). The number of aliphatic hydroxyl groups is 1. The van der Waals surface area contributed by atoms with Crippen molar-refractivity contribution in [1.82, 2.24) is 0 Å². The third-order valence-corrected chi connectivity index (χ3v) is 3.35. The quantitative estimate of drug-likeness (QED) is 0.856. The molecule has 0 saturated carbocycles. The molecule has 0 aliphatic rings. The molecule has 0 aliphatic carbocycles. The molecule has 96 valence electrons. The summed E-state index contributed by atoms with van der Waals surface area (Å²) in [5.74, 6) is 0.756. The van der Waals surface area contributed by atoms with Gasteiger partial charge in [-0.3, -0.25) is 0 Å². The van der Waals surface area contributed by atoms with Crippen molar-refractivity contribution in [2.24, 2.45) is 0 Å². The van der Waals surface area contributed by atoms with Gasteiger partial charge in [-0.1, -0.05) is 19.1 Å². The van der Waals surface area contributed by atoms with Gasteiger partial charge < -0.3 is 14.6 Å². The number of ether oxygens (including phenoxy) is 2. The van der Waals surface area contributed by atoms with Gasteiger partial charge in [0.15, 0.2) is 0 Å². The van der Waals surface area contributed by atoms with Crippen molar-refractivity contribution in [1.29, 1.82) is 0 Å². The van der Waals surface area contributed by atoms with E-state index in [1.54, 1.807) is 14.2 Å². The van der Waals surface area contributed by atoms with Crippen LogP contribution in [0.1, 0.15) is 30.0 Å². The average Bonchev–Trinajstić information content (AvgIpc) is 2.32. The first-order chi connectivity index (χ1) is 8.00. The number of hydrogen-bond acceptors (Lipinski definition) is 3. The summed E-state index contributed by atoms with van der Waals surface area (Å²) in [6, 6.07) is 3.92. The molecule has 17 heavy (non-hydrogen) atoms. The van der Waals surface area contributed by atoms with Crippen molar-refractivity contribution in [2.75, 3.05) is 20.8 Å². The molecule has 0 fully saturated rings. The van der Waals surface area contributed by atoms with E-state index in [9.17, 15) is 5.11 Å². The van der Waals surface area contributed by atoms with Crippen LogP contribution < -0.4 is 4.74 Å². The summed E-state index contributed by atoms with van der Waals surface area (Å²) in [7, 11) is 3.22. The number of benzene rings is 1. The Morgan fingerprint density at radius 3 is 2.35 bits per heavy atom. The largest absolute Gasteiger partial charge is 0.496 e. The molecule has 0 heterocycles. The Labute approximate surface area is 103 Å². The summed E-state index contributed by atoms with van der Waals surface area (Å²) in [4.78, 5) is 0. The van der Waals surface area contributed by atoms with Crippen LogP contribution in [0.5, 0.6) is 5.75 Å². The average molecular weight is 238 g/mol. The van der Waals surface area contributed by atoms with Gasteiger partial charge in [-0.15, -0.1) is 0 Å². The first-order valence-electron chi connectivity index (χ1n) is 5.86. The lowest BCUT2D eigenvalue weighted by atomic mass is 9.88. The van der Waals surface area contributed by atoms with Crippen LogP contribution in [0.15, 0.2) is 12.1 Å². The minimum Gasteiger partial charge on any atom is -0.496 e. The van der Waals surface area contributed by atoms with Gasteiger partial charge in [0.1, 0.15) is 11.4 Å². The summed E-state index contributed by atoms with van der Waals surface area (Å²) in [6.07, 6.45) is 0.583. The van der Waals surface area contributed by atoms with Crippen LogP contribution in [0, 0.1) is 13.8 Å². The van der Waals surface area contributed by atoms with Crippen LogP contribution in [0.4, 0.5) is 0 Å². The Kier molecular flexibility index (Phi) is 4.54. The third-order valence-electron chi connectivity index (χ3n) is 3.35. The lowest BCUT2D eigenvalue weighted by Gasteiger charge is -2.29. The maximum absolute atomic E-state index is 10.6. The number of methoxy groups -OCH3 is 2. The zero-order valence-electron chi connectivity index (χ0n) is 11.3. The smallest absolute Gasteiger partial charge is 0.128 e. The van der Waals surface area contributed by atoms with Gasteiger partial charge in [0, 0.05) is 12.7 Å². The first-order valence-corrected chi connectivity index (χ1v) is 5.86. The van der Waals surface area contributed by atoms with E-state index < -0.39 is 5.60 Å². The molecule has 1 aromatic carbocycles. The zero-order valence-corrected chi connectivity index (χ0v) is 11.3. The molecule has 3 heteroatoms. The van der Waals surface area contributed by atoms with Gasteiger partial charge in [-0.05, 0) is 31.4 Å². The van der Waals surface area contributed by atoms with E-state index in [1.807, 2.05) is 32.9 Å². The monoisotopic (exact) mass is 238 g/mol. The molecule has 0 radical (unpaired) electrons. The molecule has 3 nitrogen and oxygen atoms in total. The van der Waals surface area contributed by atoms with Crippen molar-refractivity contribution in [3.8, 4) is 5.75 Å². The van der Waals surface area contributed by atoms with Gasteiger partial charge in [0.05, 0.1) is 13.7 Å². The summed E-state index contributed by atoms with van der Waals surface area (Å²) in [5.41, 5.74) is 2.03. The highest BCUT2D eigenvalue weighted by Crippen LogP contribution is 2.36. The fourth-order valence-electron chi connectivity index (χ4n) is 2.03. The fraction of sp³-hybridized carbons (Fsp3) is 0.571. The van der Waals surface area contributed by atoms with Crippen molar-refractivity contribution < 1.29 is 14.6 Å². The van der Waals surface area contributed by atoms with Crippen LogP contribution in [0.2, 0.25) is 0 Å². The topological polar surface area (TPSA) is 38.7 Å². The normalized spacial score (nSPS) is 14.5. The fourth-order valence-corrected chi connectivity index (χ4v) is 2.03. The van der Waals surface area contributed by atoms with Crippen molar-refractivity contribution >= 4 is 0 Å². The summed E-state index contributed by atoms with van der Waals surface area (Å²) >= 11 is 0. The predicted octanol–water partition coefficient (Wildman–Crippen LogP) is 2.56. The number of rotatable bonds is 5. The Bertz CT molecular complexity index is 387. The van der Waals surface area contributed by atoms with E-state index in [1.165, 1.54) is 0 Å². The molecule has 0 aromatic heterocycles. The van der Waals surface area contributed by atoms with Crippen LogP contribution in [-0.4, -0.2) is 25.9 Å². The standard InChI is InChI=1S/C14H22O3/c1-6-14(15,9-16-4)12-8-7-10(2)11(3)13(12)17-5/h7-8,15H,6,9H2,1-5H3. The summed E-state index contributed by atoms with van der Waals surface area (Å²) in [6.45, 7) is 6.24. The van der Waals surface area contributed by atoms with Crippen LogP contribution in [0.3, 0.4) is 0 Å². The molecule has 0 bridgehead atoms. The third kappa shape index (κ3) is 2.61. The van der Waals surface area contributed by atoms with E-state index >= 15 is 0 Å². The number of hydrogen-bond donors (Lipinski definition) is 1. The second-order valence-corrected chi connectivity index (χ2v) is 4.41. The molecule has 1 unspecified atom stereocenters. The highest BCUT2D eigenvalue weighted by molar-refractivity contribution is 5.48. The Morgan fingerprint density at radius 2 is 1.88 bits per heavy atom. The maximum atomic E-state index is 10.6. The predicted molar refractivity (Wildman–Crippen MR) is 68.5 cm³/mol. The van der Waals surface area contributed by atoms with E-state index in [0.29, 0.717) is 6.42 Å². The van der Waals surface area contributed by atoms with Gasteiger partial charge in [0.2, 0.25) is 0 Å². The molecular formula is C14H22O3. The Morgan fingerprint density at radius 1 is 1.24 bits per heavy atom. The minimum absolute atomic E-state index is 0.266. The van der Waals surface area contributed by atoms with E-state index in [-0.39, 0.29) is 6.61 Å². The van der Waals surface area contributed by atoms with Gasteiger partial charge in [-0.2, -0.15) is 0 Å². The molecule has 0 spiro atoms. The van der Waals surface area contributed by atoms with Gasteiger partial charge in [0.25, 0.3) is 0 Å². The lowest BCUT2D eigenvalue weighted by Crippen LogP contribution is -2.31. The minimum atomic E-state index is -0.988. The lowest BCUT2D eigenvalue weighted by molar-refractivity contribution is -0.0400. The van der Waals surface area contributed by atoms with Crippen LogP contribution >= 0.6 is 0 Å². The molecule has 1 atom stereocenters. The summed E-state index contributed by atoms with van der Waals surface area (Å²) < 4.78 is 10.6. The van der Waals surface area contributed by atoms with Crippen LogP contribution in [0.25, 0.3) is 0 Å². The van der Waals surface area contributed by atoms with Crippen molar-refractivity contribution in [3.63, 3.8) is 0 Å². The highest BCUT2D eigenvalue weighted by atomic mass is 16.5. The zero-order chi connectivity index (χ0) is 13.1. The number of aryl methyl sites for hydroxylation is 1. The molecular weight excluding hydrogens is 216 g/mol. The van der Waals surface area contributed by atoms with E-state index in [0.717, 1.165) is 22.4 Å². The Balaban J connectivity index is 3.34. The first kappa shape index (κ1) is 14.0. The Hall–Kier alpha value is -1.06.